The van der Waals surface area contributed by atoms with Crippen molar-refractivity contribution in [1.82, 2.24) is 4.90 Å². The van der Waals surface area contributed by atoms with Gasteiger partial charge in [0.25, 0.3) is 10.1 Å². The Morgan fingerprint density at radius 3 is 2.35 bits per heavy atom. The van der Waals surface area contributed by atoms with Crippen molar-refractivity contribution in [2.45, 2.75) is 25.9 Å². The molecule has 9 heteroatoms. The summed E-state index contributed by atoms with van der Waals surface area (Å²) < 4.78 is 37.9. The fraction of sp³-hybridized carbons (Fsp3) is 0.857. The lowest BCUT2D eigenvalue weighted by atomic mass is 9.94. The lowest BCUT2D eigenvalue weighted by Gasteiger charge is -2.30. The zero-order valence-corrected chi connectivity index (χ0v) is 14.2. The van der Waals surface area contributed by atoms with E-state index in [1.165, 1.54) is 0 Å². The van der Waals surface area contributed by atoms with Crippen LogP contribution in [0.4, 0.5) is 0 Å². The molecule has 1 aliphatic carbocycles. The standard InChI is InChI=1S/C14H23NO7S/c1-3-21-14(17)12-9-10(22-23(2,18)19)8-11(12)13(16)15-4-6-20-7-5-15/h10-12H,3-9H2,1-2H3/t10-,11-,12-/m1/s1. The Morgan fingerprint density at radius 2 is 1.78 bits per heavy atom. The number of morpholine rings is 1. The monoisotopic (exact) mass is 349 g/mol. The summed E-state index contributed by atoms with van der Waals surface area (Å²) >= 11 is 0. The maximum atomic E-state index is 12.7. The molecular weight excluding hydrogens is 326 g/mol. The lowest BCUT2D eigenvalue weighted by Crippen LogP contribution is -2.45. The first kappa shape index (κ1) is 18.2. The Kier molecular flexibility index (Phi) is 5.99. The molecule has 2 fully saturated rings. The molecule has 0 unspecified atom stereocenters. The summed E-state index contributed by atoms with van der Waals surface area (Å²) in [5.41, 5.74) is 0. The first-order valence-corrected chi connectivity index (χ1v) is 9.55. The summed E-state index contributed by atoms with van der Waals surface area (Å²) in [4.78, 5) is 26.5. The van der Waals surface area contributed by atoms with E-state index in [1.807, 2.05) is 0 Å². The van der Waals surface area contributed by atoms with Crippen LogP contribution in [0.15, 0.2) is 0 Å². The van der Waals surface area contributed by atoms with Gasteiger partial charge >= 0.3 is 5.97 Å². The third-order valence-electron chi connectivity index (χ3n) is 4.06. The van der Waals surface area contributed by atoms with E-state index in [0.717, 1.165) is 6.26 Å². The topological polar surface area (TPSA) is 99.2 Å². The van der Waals surface area contributed by atoms with Crippen molar-refractivity contribution in [3.05, 3.63) is 0 Å². The van der Waals surface area contributed by atoms with Gasteiger partial charge < -0.3 is 14.4 Å². The average Bonchev–Trinajstić information content (AvgIpc) is 2.89. The van der Waals surface area contributed by atoms with Gasteiger partial charge in [-0.05, 0) is 19.8 Å². The maximum absolute atomic E-state index is 12.7. The highest BCUT2D eigenvalue weighted by Gasteiger charge is 2.46. The van der Waals surface area contributed by atoms with Gasteiger partial charge in [-0.2, -0.15) is 8.42 Å². The first-order chi connectivity index (χ1) is 10.8. The largest absolute Gasteiger partial charge is 0.466 e. The number of ether oxygens (including phenoxy) is 2. The molecule has 1 heterocycles. The molecule has 0 bridgehead atoms. The average molecular weight is 349 g/mol. The Morgan fingerprint density at radius 1 is 1.17 bits per heavy atom. The molecule has 2 rings (SSSR count). The zero-order valence-electron chi connectivity index (χ0n) is 13.4. The quantitative estimate of drug-likeness (QED) is 0.500. The van der Waals surface area contributed by atoms with E-state index in [0.29, 0.717) is 26.3 Å². The van der Waals surface area contributed by atoms with Crippen LogP contribution in [0.5, 0.6) is 0 Å². The fourth-order valence-corrected chi connectivity index (χ4v) is 3.77. The number of rotatable bonds is 5. The van der Waals surface area contributed by atoms with E-state index in [4.69, 9.17) is 13.7 Å². The molecule has 0 aromatic carbocycles. The van der Waals surface area contributed by atoms with E-state index < -0.39 is 34.0 Å². The Bertz CT molecular complexity index is 541. The van der Waals surface area contributed by atoms with Gasteiger partial charge in [0.05, 0.1) is 44.0 Å². The Balaban J connectivity index is 2.11. The molecule has 3 atom stereocenters. The highest BCUT2D eigenvalue weighted by molar-refractivity contribution is 7.86. The van der Waals surface area contributed by atoms with Crippen molar-refractivity contribution in [1.29, 1.82) is 0 Å². The van der Waals surface area contributed by atoms with E-state index >= 15 is 0 Å². The van der Waals surface area contributed by atoms with Crippen molar-refractivity contribution in [2.24, 2.45) is 11.8 Å². The summed E-state index contributed by atoms with van der Waals surface area (Å²) in [5, 5.41) is 0. The molecule has 0 aromatic heterocycles. The molecular formula is C14H23NO7S. The number of nitrogens with zero attached hydrogens (tertiary/aromatic N) is 1. The molecule has 1 saturated carbocycles. The van der Waals surface area contributed by atoms with Crippen molar-refractivity contribution >= 4 is 22.0 Å². The van der Waals surface area contributed by atoms with Crippen LogP contribution in [0.2, 0.25) is 0 Å². The van der Waals surface area contributed by atoms with Crippen molar-refractivity contribution < 1.29 is 31.7 Å². The number of carbonyl (C=O) groups is 2. The van der Waals surface area contributed by atoms with Crippen LogP contribution in [0, 0.1) is 11.8 Å². The van der Waals surface area contributed by atoms with Gasteiger partial charge in [-0.25, -0.2) is 0 Å². The second-order valence-corrected chi connectivity index (χ2v) is 7.40. The van der Waals surface area contributed by atoms with E-state index in [2.05, 4.69) is 0 Å². The highest BCUT2D eigenvalue weighted by atomic mass is 32.2. The number of carbonyl (C=O) groups excluding carboxylic acids is 2. The molecule has 1 aliphatic heterocycles. The van der Waals surface area contributed by atoms with Crippen molar-refractivity contribution in [3.63, 3.8) is 0 Å². The van der Waals surface area contributed by atoms with Gasteiger partial charge in [-0.3, -0.25) is 13.8 Å². The molecule has 0 aromatic rings. The number of hydrogen-bond donors (Lipinski definition) is 0. The number of esters is 1. The van der Waals surface area contributed by atoms with Crippen LogP contribution in [-0.4, -0.2) is 70.5 Å². The number of amides is 1. The van der Waals surface area contributed by atoms with Crippen LogP contribution in [-0.2, 0) is 33.4 Å². The molecule has 0 spiro atoms. The Hall–Kier alpha value is -1.19. The van der Waals surface area contributed by atoms with Crippen LogP contribution in [0.3, 0.4) is 0 Å². The second-order valence-electron chi connectivity index (χ2n) is 5.80. The minimum Gasteiger partial charge on any atom is -0.466 e. The summed E-state index contributed by atoms with van der Waals surface area (Å²) in [5.74, 6) is -1.92. The zero-order chi connectivity index (χ0) is 17.0. The minimum atomic E-state index is -3.64. The van der Waals surface area contributed by atoms with Gasteiger partial charge in [0.15, 0.2) is 0 Å². The predicted molar refractivity (Wildman–Crippen MR) is 80.0 cm³/mol. The smallest absolute Gasteiger partial charge is 0.309 e. The van der Waals surface area contributed by atoms with Crippen molar-refractivity contribution in [2.75, 3.05) is 39.2 Å². The summed E-state index contributed by atoms with van der Waals surface area (Å²) in [6.45, 7) is 3.78. The third kappa shape index (κ3) is 4.89. The van der Waals surface area contributed by atoms with E-state index in [1.54, 1.807) is 11.8 Å². The molecule has 0 radical (unpaired) electrons. The molecule has 2 aliphatic rings. The van der Waals surface area contributed by atoms with Gasteiger partial charge in [0, 0.05) is 13.1 Å². The SMILES string of the molecule is CCOC(=O)[C@@H]1C[C@H](OS(C)(=O)=O)C[C@H]1C(=O)N1CCOCC1. The lowest BCUT2D eigenvalue weighted by molar-refractivity contribution is -0.154. The molecule has 8 nitrogen and oxygen atoms in total. The van der Waals surface area contributed by atoms with Gasteiger partial charge in [0.1, 0.15) is 0 Å². The summed E-state index contributed by atoms with van der Waals surface area (Å²) in [7, 11) is -3.64. The maximum Gasteiger partial charge on any atom is 0.309 e. The molecule has 23 heavy (non-hydrogen) atoms. The van der Waals surface area contributed by atoms with E-state index in [9.17, 15) is 18.0 Å². The predicted octanol–water partition coefficient (Wildman–Crippen LogP) is -0.221. The van der Waals surface area contributed by atoms with Crippen molar-refractivity contribution in [3.8, 4) is 0 Å². The van der Waals surface area contributed by atoms with Crippen LogP contribution < -0.4 is 0 Å². The van der Waals surface area contributed by atoms with Gasteiger partial charge in [-0.15, -0.1) is 0 Å². The molecule has 1 saturated heterocycles. The third-order valence-corrected chi connectivity index (χ3v) is 4.68. The summed E-state index contributed by atoms with van der Waals surface area (Å²) in [6.07, 6.45) is 0.664. The van der Waals surface area contributed by atoms with Gasteiger partial charge in [0.2, 0.25) is 5.91 Å². The molecule has 1 amide bonds. The van der Waals surface area contributed by atoms with Crippen LogP contribution in [0.25, 0.3) is 0 Å². The minimum absolute atomic E-state index is 0.161. The highest BCUT2D eigenvalue weighted by Crippen LogP contribution is 2.37. The van der Waals surface area contributed by atoms with E-state index in [-0.39, 0.29) is 25.4 Å². The van der Waals surface area contributed by atoms with Crippen LogP contribution >= 0.6 is 0 Å². The molecule has 0 N–H and O–H groups in total. The fourth-order valence-electron chi connectivity index (χ4n) is 3.12. The van der Waals surface area contributed by atoms with Crippen LogP contribution in [0.1, 0.15) is 19.8 Å². The second kappa shape index (κ2) is 7.59. The summed E-state index contributed by atoms with van der Waals surface area (Å²) in [6, 6.07) is 0. The first-order valence-electron chi connectivity index (χ1n) is 7.73. The van der Waals surface area contributed by atoms with Gasteiger partial charge in [-0.1, -0.05) is 0 Å². The normalized spacial score (nSPS) is 28.6. The number of hydrogen-bond acceptors (Lipinski definition) is 7. The Labute approximate surface area is 136 Å². The molecule has 132 valence electrons.